The van der Waals surface area contributed by atoms with Crippen LogP contribution in [0.2, 0.25) is 0 Å². The molecule has 2 N–H and O–H groups in total. The number of aromatic nitrogens is 2. The molecule has 1 saturated carbocycles. The number of nitrogens with one attached hydrogen (secondary N) is 2. The fourth-order valence-corrected chi connectivity index (χ4v) is 4.40. The molecule has 6 nitrogen and oxygen atoms in total. The van der Waals surface area contributed by atoms with E-state index in [1.165, 1.54) is 30.6 Å². The fraction of sp³-hybridized carbons (Fsp3) is 0.455. The summed E-state index contributed by atoms with van der Waals surface area (Å²) in [5.74, 6) is 1.80. The van der Waals surface area contributed by atoms with E-state index in [2.05, 4.69) is 45.1 Å². The molecule has 1 fully saturated rings. The molecule has 0 unspecified atom stereocenters. The lowest BCUT2D eigenvalue weighted by molar-refractivity contribution is 0.463. The molecule has 0 amide bonds. The van der Waals surface area contributed by atoms with E-state index in [-0.39, 0.29) is 0 Å². The average molecular weight is 412 g/mol. The predicted octanol–water partition coefficient (Wildman–Crippen LogP) is 4.17. The van der Waals surface area contributed by atoms with Crippen LogP contribution in [0.5, 0.6) is 0 Å². The van der Waals surface area contributed by atoms with Gasteiger partial charge in [-0.1, -0.05) is 18.9 Å². The zero-order valence-electron chi connectivity index (χ0n) is 16.7. The van der Waals surface area contributed by atoms with E-state index in [0.717, 1.165) is 43.3 Å². The van der Waals surface area contributed by atoms with Crippen LogP contribution in [0.3, 0.4) is 0 Å². The van der Waals surface area contributed by atoms with Crippen LogP contribution in [-0.4, -0.2) is 28.8 Å². The second-order valence-electron chi connectivity index (χ2n) is 7.40. The van der Waals surface area contributed by atoms with Gasteiger partial charge in [-0.15, -0.1) is 11.3 Å². The smallest absolute Gasteiger partial charge is 0.191 e. The summed E-state index contributed by atoms with van der Waals surface area (Å²) in [7, 11) is 0. The van der Waals surface area contributed by atoms with Crippen molar-refractivity contribution in [2.24, 2.45) is 4.99 Å². The Balaban J connectivity index is 1.32. The van der Waals surface area contributed by atoms with Crippen LogP contribution in [0.15, 0.2) is 57.6 Å². The molecular weight excluding hydrogens is 382 g/mol. The normalized spacial score (nSPS) is 15.1. The van der Waals surface area contributed by atoms with E-state index < -0.39 is 0 Å². The van der Waals surface area contributed by atoms with Gasteiger partial charge < -0.3 is 15.1 Å². The highest BCUT2D eigenvalue weighted by atomic mass is 32.1. The first-order valence-corrected chi connectivity index (χ1v) is 11.4. The second-order valence-corrected chi connectivity index (χ2v) is 8.43. The molecule has 1 aliphatic rings. The van der Waals surface area contributed by atoms with E-state index in [1.54, 1.807) is 17.6 Å². The van der Waals surface area contributed by atoms with Crippen molar-refractivity contribution in [3.8, 4) is 0 Å². The second kappa shape index (κ2) is 10.3. The summed E-state index contributed by atoms with van der Waals surface area (Å²) in [5, 5.41) is 13.7. The van der Waals surface area contributed by atoms with Crippen LogP contribution in [0.25, 0.3) is 0 Å². The molecule has 0 atom stereocenters. The van der Waals surface area contributed by atoms with Gasteiger partial charge in [0.25, 0.3) is 0 Å². The minimum absolute atomic E-state index is 0.572. The lowest BCUT2D eigenvalue weighted by Crippen LogP contribution is -2.39. The Hall–Kier alpha value is -2.54. The predicted molar refractivity (Wildman–Crippen MR) is 117 cm³/mol. The highest BCUT2D eigenvalue weighted by Gasteiger charge is 2.17. The van der Waals surface area contributed by atoms with Crippen molar-refractivity contribution < 1.29 is 4.42 Å². The molecule has 0 aromatic carbocycles. The number of aliphatic imine (C=N–C) groups is 1. The van der Waals surface area contributed by atoms with Crippen molar-refractivity contribution in [2.75, 3.05) is 13.1 Å². The van der Waals surface area contributed by atoms with Crippen molar-refractivity contribution in [3.63, 3.8) is 0 Å². The minimum Gasteiger partial charge on any atom is -0.469 e. The van der Waals surface area contributed by atoms with Gasteiger partial charge in [0.05, 0.1) is 24.5 Å². The molecule has 0 radical (unpaired) electrons. The van der Waals surface area contributed by atoms with E-state index in [1.807, 2.05) is 12.1 Å². The molecule has 0 aliphatic heterocycles. The fourth-order valence-electron chi connectivity index (χ4n) is 3.69. The summed E-state index contributed by atoms with van der Waals surface area (Å²) in [6.45, 7) is 2.20. The molecule has 3 heterocycles. The number of nitrogens with zero attached hydrogens (tertiary/aromatic N) is 3. The summed E-state index contributed by atoms with van der Waals surface area (Å²) in [4.78, 5) is 6.14. The van der Waals surface area contributed by atoms with Gasteiger partial charge in [-0.2, -0.15) is 5.10 Å². The Morgan fingerprint density at radius 3 is 2.76 bits per heavy atom. The third kappa shape index (κ3) is 5.97. The largest absolute Gasteiger partial charge is 0.469 e. The van der Waals surface area contributed by atoms with E-state index >= 15 is 0 Å². The molecule has 0 spiro atoms. The third-order valence-corrected chi connectivity index (χ3v) is 6.19. The molecule has 3 aromatic rings. The SMILES string of the molecule is c1coc(CCNC(=NCc2ccn(C3CCCC3)n2)NCCc2cccs2)c1. The summed E-state index contributed by atoms with van der Waals surface area (Å²) >= 11 is 1.79. The monoisotopic (exact) mass is 411 g/mol. The summed E-state index contributed by atoms with van der Waals surface area (Å²) in [5.41, 5.74) is 1.02. The Bertz CT molecular complexity index is 821. The molecule has 0 bridgehead atoms. The maximum atomic E-state index is 5.41. The summed E-state index contributed by atoms with van der Waals surface area (Å²) in [6, 6.07) is 10.8. The van der Waals surface area contributed by atoms with Gasteiger partial charge in [0, 0.05) is 30.6 Å². The first-order chi connectivity index (χ1) is 14.4. The number of guanidine groups is 1. The van der Waals surface area contributed by atoms with Gasteiger partial charge >= 0.3 is 0 Å². The molecule has 0 saturated heterocycles. The number of hydrogen-bond donors (Lipinski definition) is 2. The lowest BCUT2D eigenvalue weighted by Gasteiger charge is -2.12. The molecule has 7 heteroatoms. The van der Waals surface area contributed by atoms with Crippen LogP contribution < -0.4 is 10.6 Å². The van der Waals surface area contributed by atoms with Crippen LogP contribution >= 0.6 is 11.3 Å². The number of hydrogen-bond acceptors (Lipinski definition) is 4. The van der Waals surface area contributed by atoms with Crippen molar-refractivity contribution in [2.45, 2.75) is 51.1 Å². The summed E-state index contributed by atoms with van der Waals surface area (Å²) in [6.07, 6.45) is 10.8. The topological polar surface area (TPSA) is 67.4 Å². The highest BCUT2D eigenvalue weighted by molar-refractivity contribution is 7.09. The molecular formula is C22H29N5OS. The number of furan rings is 1. The first kappa shape index (κ1) is 19.8. The highest BCUT2D eigenvalue weighted by Crippen LogP contribution is 2.28. The van der Waals surface area contributed by atoms with Crippen molar-refractivity contribution in [1.29, 1.82) is 0 Å². The van der Waals surface area contributed by atoms with Crippen molar-refractivity contribution in [3.05, 3.63) is 64.5 Å². The van der Waals surface area contributed by atoms with Gasteiger partial charge in [-0.25, -0.2) is 4.99 Å². The Kier molecular flexibility index (Phi) is 7.02. The zero-order chi connectivity index (χ0) is 19.7. The number of thiophene rings is 1. The quantitative estimate of drug-likeness (QED) is 0.410. The van der Waals surface area contributed by atoms with Crippen LogP contribution in [-0.2, 0) is 19.4 Å². The van der Waals surface area contributed by atoms with Crippen molar-refractivity contribution in [1.82, 2.24) is 20.4 Å². The standard InChI is InChI=1S/C22H29N5OS/c1-2-6-19(5-1)27-14-11-18(26-27)17-25-22(23-12-9-20-7-3-15-28-20)24-13-10-21-8-4-16-29-21/h3-4,7-8,11,14-16,19H,1-2,5-6,9-10,12-13,17H2,(H2,23,24,25). The molecule has 3 aromatic heterocycles. The molecule has 154 valence electrons. The Morgan fingerprint density at radius 2 is 2.00 bits per heavy atom. The maximum Gasteiger partial charge on any atom is 0.191 e. The van der Waals surface area contributed by atoms with Gasteiger partial charge in [-0.05, 0) is 48.9 Å². The summed E-state index contributed by atoms with van der Waals surface area (Å²) < 4.78 is 7.55. The minimum atomic E-state index is 0.572. The van der Waals surface area contributed by atoms with E-state index in [4.69, 9.17) is 14.5 Å². The molecule has 29 heavy (non-hydrogen) atoms. The zero-order valence-corrected chi connectivity index (χ0v) is 17.5. The lowest BCUT2D eigenvalue weighted by atomic mass is 10.3. The maximum absolute atomic E-state index is 5.41. The Morgan fingerprint density at radius 1 is 1.14 bits per heavy atom. The van der Waals surface area contributed by atoms with Gasteiger partial charge in [0.1, 0.15) is 5.76 Å². The van der Waals surface area contributed by atoms with E-state index in [9.17, 15) is 0 Å². The van der Waals surface area contributed by atoms with E-state index in [0.29, 0.717) is 12.6 Å². The van der Waals surface area contributed by atoms with Gasteiger partial charge in [-0.3, -0.25) is 4.68 Å². The van der Waals surface area contributed by atoms with Crippen LogP contribution in [0, 0.1) is 0 Å². The molecule has 4 rings (SSSR count). The van der Waals surface area contributed by atoms with Crippen molar-refractivity contribution >= 4 is 17.3 Å². The van der Waals surface area contributed by atoms with Crippen LogP contribution in [0.4, 0.5) is 0 Å². The first-order valence-electron chi connectivity index (χ1n) is 10.5. The van der Waals surface area contributed by atoms with Crippen LogP contribution in [0.1, 0.15) is 48.1 Å². The third-order valence-electron chi connectivity index (χ3n) is 5.25. The van der Waals surface area contributed by atoms with Gasteiger partial charge in [0.15, 0.2) is 5.96 Å². The average Bonchev–Trinajstić information content (AvgIpc) is 3.54. The Labute approximate surface area is 176 Å². The number of rotatable bonds is 9. The van der Waals surface area contributed by atoms with Gasteiger partial charge in [0.2, 0.25) is 0 Å². The molecule has 1 aliphatic carbocycles.